The van der Waals surface area contributed by atoms with E-state index in [0.717, 1.165) is 19.3 Å². The average Bonchev–Trinajstić information content (AvgIpc) is 3.40. The fraction of sp³-hybridized carbons (Fsp3) is 0.464. The van der Waals surface area contributed by atoms with E-state index in [9.17, 15) is 14.4 Å². The molecule has 2 fully saturated rings. The molecule has 3 atom stereocenters. The third-order valence-corrected chi connectivity index (χ3v) is 7.44. The third kappa shape index (κ3) is 5.38. The van der Waals surface area contributed by atoms with Crippen LogP contribution in [0.1, 0.15) is 65.7 Å². The van der Waals surface area contributed by atoms with Crippen molar-refractivity contribution in [3.05, 3.63) is 59.7 Å². The molecule has 2 aliphatic heterocycles. The van der Waals surface area contributed by atoms with Gasteiger partial charge in [0.25, 0.3) is 11.8 Å². The highest BCUT2D eigenvalue weighted by Gasteiger charge is 2.39. The number of rotatable bonds is 5. The number of amides is 3. The van der Waals surface area contributed by atoms with Crippen molar-refractivity contribution in [1.82, 2.24) is 10.2 Å². The van der Waals surface area contributed by atoms with Gasteiger partial charge in [0, 0.05) is 24.3 Å². The van der Waals surface area contributed by atoms with E-state index >= 15 is 0 Å². The normalized spacial score (nSPS) is 24.1. The minimum Gasteiger partial charge on any atom is -0.490 e. The topological polar surface area (TPSA) is 97.0 Å². The first-order valence-corrected chi connectivity index (χ1v) is 12.8. The lowest BCUT2D eigenvalue weighted by molar-refractivity contribution is -0.134. The Labute approximate surface area is 211 Å². The van der Waals surface area contributed by atoms with Gasteiger partial charge in [-0.05, 0) is 56.0 Å². The Morgan fingerprint density at radius 2 is 1.81 bits per heavy atom. The van der Waals surface area contributed by atoms with Crippen LogP contribution in [0.15, 0.2) is 48.5 Å². The Balaban J connectivity index is 1.25. The Kier molecular flexibility index (Phi) is 7.23. The summed E-state index contributed by atoms with van der Waals surface area (Å²) < 4.78 is 12.3. The van der Waals surface area contributed by atoms with Gasteiger partial charge < -0.3 is 25.0 Å². The van der Waals surface area contributed by atoms with Crippen LogP contribution in [0.5, 0.6) is 5.75 Å². The lowest BCUT2D eigenvalue weighted by atomic mass is 9.94. The summed E-state index contributed by atoms with van der Waals surface area (Å²) in [5, 5.41) is 5.99. The van der Waals surface area contributed by atoms with Crippen LogP contribution in [0, 0.1) is 0 Å². The van der Waals surface area contributed by atoms with Gasteiger partial charge in [-0.2, -0.15) is 0 Å². The van der Waals surface area contributed by atoms with Gasteiger partial charge in [0.2, 0.25) is 5.91 Å². The first-order valence-electron chi connectivity index (χ1n) is 12.8. The summed E-state index contributed by atoms with van der Waals surface area (Å²) in [5.74, 6) is 0.0630. The highest BCUT2D eigenvalue weighted by molar-refractivity contribution is 6.05. The smallest absolute Gasteiger partial charge is 0.257 e. The van der Waals surface area contributed by atoms with Crippen molar-refractivity contribution in [1.29, 1.82) is 0 Å². The maximum Gasteiger partial charge on any atom is 0.257 e. The second-order valence-corrected chi connectivity index (χ2v) is 9.95. The summed E-state index contributed by atoms with van der Waals surface area (Å²) in [7, 11) is 1.78. The van der Waals surface area contributed by atoms with Crippen LogP contribution in [-0.4, -0.2) is 60.6 Å². The number of fused-ring (bicyclic) bond motifs is 2. The molecule has 0 bridgehead atoms. The molecule has 3 aliphatic rings. The number of hydrogen-bond acceptors (Lipinski definition) is 5. The number of hydrogen-bond donors (Lipinski definition) is 2. The van der Waals surface area contributed by atoms with Crippen LogP contribution in [0.25, 0.3) is 0 Å². The summed E-state index contributed by atoms with van der Waals surface area (Å²) >= 11 is 0. The van der Waals surface area contributed by atoms with Crippen molar-refractivity contribution in [3.8, 4) is 5.75 Å². The molecule has 1 aliphatic carbocycles. The molecule has 3 amide bonds. The fourth-order valence-electron chi connectivity index (χ4n) is 5.46. The minimum absolute atomic E-state index is 0.0389. The molecule has 1 saturated heterocycles. The number of anilines is 1. The van der Waals surface area contributed by atoms with Crippen molar-refractivity contribution in [3.63, 3.8) is 0 Å². The van der Waals surface area contributed by atoms with Crippen molar-refractivity contribution >= 4 is 23.4 Å². The molecule has 0 aromatic heterocycles. The molecule has 0 unspecified atom stereocenters. The van der Waals surface area contributed by atoms with Crippen LogP contribution in [-0.2, 0) is 9.53 Å². The Morgan fingerprint density at radius 1 is 1.03 bits per heavy atom. The number of likely N-dealkylation sites (N-methyl/N-ethyl adjacent to an activating group) is 1. The standard InChI is InChI=1S/C28H33N3O5/c1-31-23-13-12-21(16-26(32)29-19-9-5-6-10-19)36-25(23)17-35-24-14-11-20(15-22(24)28(31)34)30-27(33)18-7-3-2-4-8-18/h2-4,7-8,11,14-15,19,21,23,25H,5-6,9-10,12-13,16-17H2,1H3,(H,29,32)(H,30,33)/t21-,23+,25+/m1/s1. The number of nitrogens with zero attached hydrogens (tertiary/aromatic N) is 1. The monoisotopic (exact) mass is 491 g/mol. The van der Waals surface area contributed by atoms with E-state index < -0.39 is 0 Å². The second kappa shape index (κ2) is 10.7. The van der Waals surface area contributed by atoms with Gasteiger partial charge in [0.1, 0.15) is 18.5 Å². The van der Waals surface area contributed by atoms with Crippen LogP contribution in [0.4, 0.5) is 5.69 Å². The number of benzene rings is 2. The zero-order valence-corrected chi connectivity index (χ0v) is 20.6. The predicted octanol–water partition coefficient (Wildman–Crippen LogP) is 3.77. The molecule has 0 radical (unpaired) electrons. The van der Waals surface area contributed by atoms with Gasteiger partial charge in [0.15, 0.2) is 0 Å². The van der Waals surface area contributed by atoms with Gasteiger partial charge in [-0.3, -0.25) is 14.4 Å². The molecule has 2 heterocycles. The van der Waals surface area contributed by atoms with Crippen LogP contribution in [0.2, 0.25) is 0 Å². The fourth-order valence-corrected chi connectivity index (χ4v) is 5.46. The highest BCUT2D eigenvalue weighted by atomic mass is 16.5. The molecule has 190 valence electrons. The van der Waals surface area contributed by atoms with Crippen LogP contribution in [0.3, 0.4) is 0 Å². The van der Waals surface area contributed by atoms with Crippen molar-refractivity contribution in [2.24, 2.45) is 0 Å². The maximum absolute atomic E-state index is 13.4. The molecular weight excluding hydrogens is 458 g/mol. The van der Waals surface area contributed by atoms with Crippen LogP contribution >= 0.6 is 0 Å². The lowest BCUT2D eigenvalue weighted by Gasteiger charge is -2.42. The Bertz CT molecular complexity index is 1120. The number of ether oxygens (including phenoxy) is 2. The first kappa shape index (κ1) is 24.3. The SMILES string of the molecule is CN1C(=O)c2cc(NC(=O)c3ccccc3)ccc2OC[C@@H]2O[C@@H](CC(=O)NC3CCCC3)CC[C@@H]21. The van der Waals surface area contributed by atoms with E-state index in [-0.39, 0.29) is 42.6 Å². The number of nitrogens with one attached hydrogen (secondary N) is 2. The largest absolute Gasteiger partial charge is 0.490 e. The van der Waals surface area contributed by atoms with Gasteiger partial charge in [-0.25, -0.2) is 0 Å². The number of carbonyl (C=O) groups excluding carboxylic acids is 3. The molecular formula is C28H33N3O5. The van der Waals surface area contributed by atoms with Gasteiger partial charge >= 0.3 is 0 Å². The van der Waals surface area contributed by atoms with Gasteiger partial charge in [-0.15, -0.1) is 0 Å². The first-order chi connectivity index (χ1) is 17.5. The molecule has 8 nitrogen and oxygen atoms in total. The van der Waals surface area contributed by atoms with E-state index in [4.69, 9.17) is 9.47 Å². The zero-order valence-electron chi connectivity index (χ0n) is 20.6. The Hall–Kier alpha value is -3.39. The third-order valence-electron chi connectivity index (χ3n) is 7.44. The molecule has 8 heteroatoms. The van der Waals surface area contributed by atoms with E-state index in [2.05, 4.69) is 10.6 Å². The quantitative estimate of drug-likeness (QED) is 0.664. The van der Waals surface area contributed by atoms with E-state index in [0.29, 0.717) is 41.4 Å². The van der Waals surface area contributed by atoms with Crippen molar-refractivity contribution in [2.45, 2.75) is 69.2 Å². The summed E-state index contributed by atoms with van der Waals surface area (Å²) in [4.78, 5) is 40.2. The molecule has 0 spiro atoms. The molecule has 36 heavy (non-hydrogen) atoms. The minimum atomic E-state index is -0.317. The molecule has 2 N–H and O–H groups in total. The molecule has 2 aromatic carbocycles. The van der Waals surface area contributed by atoms with Gasteiger partial charge in [-0.1, -0.05) is 31.0 Å². The van der Waals surface area contributed by atoms with E-state index in [1.807, 2.05) is 6.07 Å². The summed E-state index contributed by atoms with van der Waals surface area (Å²) in [6.45, 7) is 0.283. The molecule has 5 rings (SSSR count). The van der Waals surface area contributed by atoms with Crippen molar-refractivity contribution < 1.29 is 23.9 Å². The zero-order chi connectivity index (χ0) is 25.1. The second-order valence-electron chi connectivity index (χ2n) is 9.95. The average molecular weight is 492 g/mol. The van der Waals surface area contributed by atoms with E-state index in [1.54, 1.807) is 54.4 Å². The highest BCUT2D eigenvalue weighted by Crippen LogP contribution is 2.32. The Morgan fingerprint density at radius 3 is 2.58 bits per heavy atom. The molecule has 1 saturated carbocycles. The summed E-state index contributed by atoms with van der Waals surface area (Å²) in [5.41, 5.74) is 1.47. The van der Waals surface area contributed by atoms with Crippen LogP contribution < -0.4 is 15.4 Å². The van der Waals surface area contributed by atoms with Crippen molar-refractivity contribution in [2.75, 3.05) is 19.0 Å². The predicted molar refractivity (Wildman–Crippen MR) is 135 cm³/mol. The van der Waals surface area contributed by atoms with Gasteiger partial charge in [0.05, 0.1) is 24.1 Å². The van der Waals surface area contributed by atoms with E-state index in [1.165, 1.54) is 12.8 Å². The maximum atomic E-state index is 13.4. The summed E-state index contributed by atoms with van der Waals surface area (Å²) in [6.07, 6.45) is 5.73. The summed E-state index contributed by atoms with van der Waals surface area (Å²) in [6, 6.07) is 14.2. The number of carbonyl (C=O) groups is 3. The molecule has 2 aromatic rings. The lowest BCUT2D eigenvalue weighted by Crippen LogP contribution is -2.54.